The highest BCUT2D eigenvalue weighted by Crippen LogP contribution is 2.29. The van der Waals surface area contributed by atoms with Crippen molar-refractivity contribution >= 4 is 5.91 Å². The molecule has 30 heavy (non-hydrogen) atoms. The summed E-state index contributed by atoms with van der Waals surface area (Å²) < 4.78 is 10.8. The fourth-order valence-electron chi connectivity index (χ4n) is 3.77. The third kappa shape index (κ3) is 3.76. The van der Waals surface area contributed by atoms with Gasteiger partial charge in [-0.3, -0.25) is 9.89 Å². The van der Waals surface area contributed by atoms with Gasteiger partial charge >= 0.3 is 0 Å². The monoisotopic (exact) mass is 403 g/mol. The molecule has 4 heterocycles. The second kappa shape index (κ2) is 7.98. The number of aromatic nitrogens is 4. The second-order valence-corrected chi connectivity index (χ2v) is 7.43. The number of hydrogen-bond donors (Lipinski definition) is 1. The average molecular weight is 403 g/mol. The zero-order valence-corrected chi connectivity index (χ0v) is 16.3. The molecule has 152 valence electrons. The highest BCUT2D eigenvalue weighted by Gasteiger charge is 2.33. The Balaban J connectivity index is 1.21. The van der Waals surface area contributed by atoms with Crippen molar-refractivity contribution in [2.75, 3.05) is 13.1 Å². The van der Waals surface area contributed by atoms with Crippen LogP contribution in [0.2, 0.25) is 0 Å². The molecule has 0 bridgehead atoms. The third-order valence-electron chi connectivity index (χ3n) is 5.34. The van der Waals surface area contributed by atoms with Crippen LogP contribution in [0, 0.1) is 0 Å². The van der Waals surface area contributed by atoms with Crippen LogP contribution in [0.4, 0.5) is 0 Å². The second-order valence-electron chi connectivity index (χ2n) is 7.43. The van der Waals surface area contributed by atoms with Crippen LogP contribution in [0.1, 0.15) is 30.1 Å². The molecule has 8 heteroatoms. The maximum absolute atomic E-state index is 12.4. The molecule has 5 rings (SSSR count). The van der Waals surface area contributed by atoms with E-state index < -0.39 is 0 Å². The van der Waals surface area contributed by atoms with Crippen molar-refractivity contribution in [1.29, 1.82) is 0 Å². The van der Waals surface area contributed by atoms with Gasteiger partial charge in [0.25, 0.3) is 5.89 Å². The average Bonchev–Trinajstić information content (AvgIpc) is 3.55. The maximum atomic E-state index is 12.4. The zero-order chi connectivity index (χ0) is 20.3. The third-order valence-corrected chi connectivity index (χ3v) is 5.34. The number of benzene rings is 1. The molecule has 0 aliphatic carbocycles. The lowest BCUT2D eigenvalue weighted by atomic mass is 10.1. The van der Waals surface area contributed by atoms with Gasteiger partial charge < -0.3 is 13.8 Å². The molecule has 0 radical (unpaired) electrons. The zero-order valence-electron chi connectivity index (χ0n) is 16.3. The highest BCUT2D eigenvalue weighted by atomic mass is 16.5. The molecule has 1 atom stereocenters. The molecule has 1 N–H and O–H groups in total. The quantitative estimate of drug-likeness (QED) is 0.505. The minimum absolute atomic E-state index is 0.0563. The van der Waals surface area contributed by atoms with Crippen LogP contribution in [0.15, 0.2) is 63.7 Å². The van der Waals surface area contributed by atoms with Gasteiger partial charge in [0.1, 0.15) is 11.4 Å². The first-order valence-corrected chi connectivity index (χ1v) is 10.0. The first kappa shape index (κ1) is 18.4. The van der Waals surface area contributed by atoms with Gasteiger partial charge in [-0.15, -0.1) is 0 Å². The molecule has 1 aliphatic heterocycles. The lowest BCUT2D eigenvalue weighted by molar-refractivity contribution is -0.127. The van der Waals surface area contributed by atoms with Crippen molar-refractivity contribution in [3.8, 4) is 23.0 Å². The Hall–Kier alpha value is -3.68. The summed E-state index contributed by atoms with van der Waals surface area (Å²) in [5, 5.41) is 11.2. The number of hydrogen-bond acceptors (Lipinski definition) is 6. The van der Waals surface area contributed by atoms with Gasteiger partial charge in [0.05, 0.1) is 6.26 Å². The van der Waals surface area contributed by atoms with E-state index in [0.717, 1.165) is 19.4 Å². The number of likely N-dealkylation sites (tertiary alicyclic amines) is 1. The predicted octanol–water partition coefficient (Wildman–Crippen LogP) is 3.67. The van der Waals surface area contributed by atoms with Crippen molar-refractivity contribution in [2.45, 2.75) is 25.2 Å². The van der Waals surface area contributed by atoms with E-state index in [1.165, 1.54) is 5.56 Å². The summed E-state index contributed by atoms with van der Waals surface area (Å²) in [7, 11) is 0. The topological polar surface area (TPSA) is 101 Å². The van der Waals surface area contributed by atoms with Crippen LogP contribution in [-0.4, -0.2) is 44.2 Å². The van der Waals surface area contributed by atoms with Crippen LogP contribution in [0.25, 0.3) is 23.0 Å². The normalized spacial score (nSPS) is 16.5. The van der Waals surface area contributed by atoms with Gasteiger partial charge in [0.2, 0.25) is 5.91 Å². The first-order valence-electron chi connectivity index (χ1n) is 10.0. The summed E-state index contributed by atoms with van der Waals surface area (Å²) >= 11 is 0. The predicted molar refractivity (Wildman–Crippen MR) is 108 cm³/mol. The lowest BCUT2D eigenvalue weighted by Gasteiger charge is -2.15. The van der Waals surface area contributed by atoms with E-state index in [9.17, 15) is 4.79 Å². The van der Waals surface area contributed by atoms with Gasteiger partial charge in [-0.05, 0) is 30.5 Å². The number of carbonyl (C=O) groups is 1. The molecule has 1 amide bonds. The van der Waals surface area contributed by atoms with Gasteiger partial charge in [-0.1, -0.05) is 35.5 Å². The molecule has 1 unspecified atom stereocenters. The van der Waals surface area contributed by atoms with Crippen molar-refractivity contribution in [1.82, 2.24) is 25.2 Å². The number of carbonyl (C=O) groups excluding carboxylic acids is 1. The van der Waals surface area contributed by atoms with Crippen molar-refractivity contribution in [3.63, 3.8) is 0 Å². The van der Waals surface area contributed by atoms with E-state index in [4.69, 9.17) is 8.94 Å². The number of aromatic amines is 1. The fraction of sp³-hybridized carbons (Fsp3) is 0.273. The standard InChI is InChI=1S/C22H21N5O3/c28-20-12-16(14-27(20)10-4-8-15-6-2-1-3-7-15)21-23-22(30-26-21)18-13-17(24-25-18)19-9-5-11-29-19/h1-3,5-7,9,11,13,16H,4,8,10,12,14H2,(H,24,25). The summed E-state index contributed by atoms with van der Waals surface area (Å²) in [4.78, 5) is 18.8. The number of aryl methyl sites for hydroxylation is 1. The Morgan fingerprint density at radius 1 is 1.17 bits per heavy atom. The van der Waals surface area contributed by atoms with Gasteiger partial charge in [-0.25, -0.2) is 0 Å². The number of rotatable bonds is 7. The van der Waals surface area contributed by atoms with E-state index in [1.807, 2.05) is 29.2 Å². The van der Waals surface area contributed by atoms with E-state index in [1.54, 1.807) is 18.4 Å². The Morgan fingerprint density at radius 2 is 2.07 bits per heavy atom. The van der Waals surface area contributed by atoms with E-state index in [2.05, 4.69) is 32.5 Å². The maximum Gasteiger partial charge on any atom is 0.275 e. The SMILES string of the molecule is O=C1CC(c2noc(-c3cc(-c4ccco4)n[nH]3)n2)CN1CCCc1ccccc1. The molecule has 0 saturated carbocycles. The Morgan fingerprint density at radius 3 is 2.90 bits per heavy atom. The van der Waals surface area contributed by atoms with E-state index in [-0.39, 0.29) is 11.8 Å². The Kier molecular flexibility index (Phi) is 4.88. The Bertz CT molecular complexity index is 1120. The van der Waals surface area contributed by atoms with E-state index >= 15 is 0 Å². The number of H-pyrrole nitrogens is 1. The Labute approximate surface area is 172 Å². The number of nitrogens with one attached hydrogen (secondary N) is 1. The smallest absolute Gasteiger partial charge is 0.275 e. The first-order chi connectivity index (χ1) is 14.8. The van der Waals surface area contributed by atoms with Gasteiger partial charge in [-0.2, -0.15) is 10.1 Å². The summed E-state index contributed by atoms with van der Waals surface area (Å²) in [6.07, 6.45) is 3.89. The van der Waals surface area contributed by atoms with Crippen LogP contribution in [-0.2, 0) is 11.2 Å². The molecule has 4 aromatic rings. The van der Waals surface area contributed by atoms with Crippen LogP contribution < -0.4 is 0 Å². The molecule has 3 aromatic heterocycles. The minimum atomic E-state index is -0.0563. The molecule has 8 nitrogen and oxygen atoms in total. The number of amides is 1. The summed E-state index contributed by atoms with van der Waals surface area (Å²) in [6.45, 7) is 1.36. The van der Waals surface area contributed by atoms with Crippen molar-refractivity contribution < 1.29 is 13.7 Å². The molecule has 1 saturated heterocycles. The molecule has 0 spiro atoms. The lowest BCUT2D eigenvalue weighted by Crippen LogP contribution is -2.26. The summed E-state index contributed by atoms with van der Waals surface area (Å²) in [5.41, 5.74) is 2.57. The molecule has 1 aromatic carbocycles. The fourth-order valence-corrected chi connectivity index (χ4v) is 3.77. The molecule has 1 aliphatic rings. The number of nitrogens with zero attached hydrogens (tertiary/aromatic N) is 4. The van der Waals surface area contributed by atoms with Crippen LogP contribution >= 0.6 is 0 Å². The largest absolute Gasteiger partial charge is 0.463 e. The highest BCUT2D eigenvalue weighted by molar-refractivity contribution is 5.79. The molecular weight excluding hydrogens is 382 g/mol. The summed E-state index contributed by atoms with van der Waals surface area (Å²) in [6, 6.07) is 15.7. The van der Waals surface area contributed by atoms with Crippen LogP contribution in [0.5, 0.6) is 0 Å². The summed E-state index contributed by atoms with van der Waals surface area (Å²) in [5.74, 6) is 1.65. The van der Waals surface area contributed by atoms with Crippen LogP contribution in [0.3, 0.4) is 0 Å². The van der Waals surface area contributed by atoms with Gasteiger partial charge in [0, 0.05) is 31.5 Å². The minimum Gasteiger partial charge on any atom is -0.463 e. The molecule has 1 fully saturated rings. The van der Waals surface area contributed by atoms with Crippen molar-refractivity contribution in [2.24, 2.45) is 0 Å². The van der Waals surface area contributed by atoms with Gasteiger partial charge in [0.15, 0.2) is 11.6 Å². The van der Waals surface area contributed by atoms with E-state index in [0.29, 0.717) is 41.8 Å². The van der Waals surface area contributed by atoms with Crippen molar-refractivity contribution in [3.05, 3.63) is 66.2 Å². The number of furan rings is 1. The molecular formula is C22H21N5O3.